The lowest BCUT2D eigenvalue weighted by molar-refractivity contribution is 0.0740. The Bertz CT molecular complexity index is 592. The summed E-state index contributed by atoms with van der Waals surface area (Å²) in [7, 11) is 1.78. The molecule has 1 heterocycles. The number of hydrogen-bond donors (Lipinski definition) is 2. The number of hydrogen-bond acceptors (Lipinski definition) is 3. The summed E-state index contributed by atoms with van der Waals surface area (Å²) in [4.78, 5) is 27.9. The van der Waals surface area contributed by atoms with Crippen molar-refractivity contribution >= 4 is 30.0 Å². The van der Waals surface area contributed by atoms with Crippen LogP contribution in [0.2, 0.25) is 0 Å². The van der Waals surface area contributed by atoms with Gasteiger partial charge >= 0.3 is 6.03 Å². The van der Waals surface area contributed by atoms with E-state index < -0.39 is 0 Å². The van der Waals surface area contributed by atoms with Crippen molar-refractivity contribution in [2.75, 3.05) is 38.1 Å². The third-order valence-corrected chi connectivity index (χ3v) is 4.05. The second-order valence-corrected chi connectivity index (χ2v) is 6.82. The van der Waals surface area contributed by atoms with Gasteiger partial charge in [-0.3, -0.25) is 9.69 Å². The van der Waals surface area contributed by atoms with Crippen LogP contribution in [0.25, 0.3) is 0 Å². The van der Waals surface area contributed by atoms with Crippen molar-refractivity contribution in [3.05, 3.63) is 29.8 Å². The monoisotopic (exact) mass is 354 g/mol. The number of nitrogens with one attached hydrogen (secondary N) is 1. The van der Waals surface area contributed by atoms with Gasteiger partial charge < -0.3 is 16.0 Å². The van der Waals surface area contributed by atoms with Gasteiger partial charge in [0.2, 0.25) is 0 Å². The average molecular weight is 355 g/mol. The van der Waals surface area contributed by atoms with Crippen LogP contribution in [0.3, 0.4) is 0 Å². The number of nitrogens with zero attached hydrogens (tertiary/aromatic N) is 2. The Balaban J connectivity index is 0.00000288. The van der Waals surface area contributed by atoms with Crippen molar-refractivity contribution in [3.63, 3.8) is 0 Å². The Labute approximate surface area is 149 Å². The average Bonchev–Trinajstić information content (AvgIpc) is 2.54. The first-order chi connectivity index (χ1) is 10.8. The van der Waals surface area contributed by atoms with E-state index in [0.717, 1.165) is 12.1 Å². The van der Waals surface area contributed by atoms with Gasteiger partial charge in [-0.05, 0) is 36.6 Å². The van der Waals surface area contributed by atoms with Crippen molar-refractivity contribution in [2.24, 2.45) is 11.1 Å². The topological polar surface area (TPSA) is 78.7 Å². The van der Waals surface area contributed by atoms with Crippen LogP contribution in [0.5, 0.6) is 0 Å². The zero-order valence-corrected chi connectivity index (χ0v) is 15.4. The van der Waals surface area contributed by atoms with E-state index in [0.29, 0.717) is 31.7 Å². The van der Waals surface area contributed by atoms with Crippen LogP contribution in [0.4, 0.5) is 10.5 Å². The molecule has 134 valence electrons. The van der Waals surface area contributed by atoms with E-state index in [2.05, 4.69) is 5.32 Å². The molecule has 0 atom stereocenters. The lowest BCUT2D eigenvalue weighted by Gasteiger charge is -2.30. The number of carbonyl (C=O) groups is 2. The number of amides is 3. The Kier molecular flexibility index (Phi) is 7.05. The van der Waals surface area contributed by atoms with Crippen LogP contribution in [0.15, 0.2) is 24.3 Å². The van der Waals surface area contributed by atoms with E-state index in [1.165, 1.54) is 0 Å². The molecule has 1 saturated heterocycles. The minimum Gasteiger partial charge on any atom is -0.341 e. The number of carbonyl (C=O) groups excluding carboxylic acids is 2. The van der Waals surface area contributed by atoms with E-state index in [1.807, 2.05) is 26.0 Å². The summed E-state index contributed by atoms with van der Waals surface area (Å²) in [6.45, 7) is 6.52. The van der Waals surface area contributed by atoms with Crippen LogP contribution in [-0.4, -0.2) is 50.1 Å². The molecular formula is C17H27ClN4O2. The van der Waals surface area contributed by atoms with Gasteiger partial charge in [0.1, 0.15) is 0 Å². The molecule has 6 nitrogen and oxygen atoms in total. The van der Waals surface area contributed by atoms with Gasteiger partial charge in [0.05, 0.1) is 0 Å². The molecule has 0 spiro atoms. The number of rotatable bonds is 5. The highest BCUT2D eigenvalue weighted by atomic mass is 35.5. The predicted octanol–water partition coefficient (Wildman–Crippen LogP) is 2.08. The summed E-state index contributed by atoms with van der Waals surface area (Å²) in [5.41, 5.74) is 6.94. The summed E-state index contributed by atoms with van der Waals surface area (Å²) in [6.07, 6.45) is 0.897. The maximum Gasteiger partial charge on any atom is 0.321 e. The smallest absolute Gasteiger partial charge is 0.321 e. The molecule has 0 unspecified atom stereocenters. The third kappa shape index (κ3) is 4.85. The van der Waals surface area contributed by atoms with Crippen LogP contribution in [-0.2, 0) is 0 Å². The number of urea groups is 1. The Morgan fingerprint density at radius 3 is 2.75 bits per heavy atom. The van der Waals surface area contributed by atoms with Crippen LogP contribution >= 0.6 is 12.4 Å². The molecule has 3 N–H and O–H groups in total. The van der Waals surface area contributed by atoms with Gasteiger partial charge in [0, 0.05) is 37.9 Å². The van der Waals surface area contributed by atoms with Gasteiger partial charge in [0.25, 0.3) is 5.91 Å². The van der Waals surface area contributed by atoms with E-state index in [1.54, 1.807) is 29.0 Å². The lowest BCUT2D eigenvalue weighted by Crippen LogP contribution is -2.46. The van der Waals surface area contributed by atoms with Crippen LogP contribution < -0.4 is 16.0 Å². The molecule has 7 heteroatoms. The van der Waals surface area contributed by atoms with Crippen molar-refractivity contribution < 1.29 is 9.59 Å². The maximum atomic E-state index is 12.6. The van der Waals surface area contributed by atoms with Gasteiger partial charge in [-0.25, -0.2) is 4.79 Å². The molecule has 1 aromatic carbocycles. The van der Waals surface area contributed by atoms with Gasteiger partial charge in [-0.15, -0.1) is 12.4 Å². The highest BCUT2D eigenvalue weighted by Gasteiger charge is 2.23. The molecule has 0 aromatic heterocycles. The highest BCUT2D eigenvalue weighted by Crippen LogP contribution is 2.21. The molecule has 24 heavy (non-hydrogen) atoms. The largest absolute Gasteiger partial charge is 0.341 e. The summed E-state index contributed by atoms with van der Waals surface area (Å²) < 4.78 is 0. The van der Waals surface area contributed by atoms with Crippen LogP contribution in [0, 0.1) is 5.41 Å². The number of anilines is 1. The highest BCUT2D eigenvalue weighted by molar-refractivity contribution is 5.97. The van der Waals surface area contributed by atoms with Crippen LogP contribution in [0.1, 0.15) is 30.6 Å². The molecule has 1 aliphatic heterocycles. The molecule has 0 aliphatic carbocycles. The molecule has 0 saturated carbocycles. The summed E-state index contributed by atoms with van der Waals surface area (Å²) >= 11 is 0. The first-order valence-electron chi connectivity index (χ1n) is 7.95. The van der Waals surface area contributed by atoms with Gasteiger partial charge in [0.15, 0.2) is 0 Å². The minimum absolute atomic E-state index is 0. The SMILES string of the molecule is CN(CC(C)(C)CN)C(=O)c1cccc(N2CCCNC2=O)c1.Cl. The molecule has 1 fully saturated rings. The molecule has 1 aliphatic rings. The zero-order chi connectivity index (χ0) is 17.0. The first-order valence-corrected chi connectivity index (χ1v) is 7.95. The summed E-state index contributed by atoms with van der Waals surface area (Å²) in [5, 5.41) is 2.82. The second-order valence-electron chi connectivity index (χ2n) is 6.82. The lowest BCUT2D eigenvalue weighted by atomic mass is 9.93. The van der Waals surface area contributed by atoms with E-state index in [-0.39, 0.29) is 29.8 Å². The predicted molar refractivity (Wildman–Crippen MR) is 98.8 cm³/mol. The molecular weight excluding hydrogens is 328 g/mol. The molecule has 0 bridgehead atoms. The Morgan fingerprint density at radius 2 is 2.12 bits per heavy atom. The first kappa shape index (κ1) is 20.3. The van der Waals surface area contributed by atoms with E-state index in [9.17, 15) is 9.59 Å². The molecule has 1 aromatic rings. The Hall–Kier alpha value is -1.79. The maximum absolute atomic E-state index is 12.6. The standard InChI is InChI=1S/C17H26N4O2.ClH/c1-17(2,11-18)12-20(3)15(22)13-6-4-7-14(10-13)21-9-5-8-19-16(21)23;/h4,6-7,10H,5,8-9,11-12,18H2,1-3H3,(H,19,23);1H. The quantitative estimate of drug-likeness (QED) is 0.849. The second kappa shape index (κ2) is 8.35. The van der Waals surface area contributed by atoms with Crippen molar-refractivity contribution in [1.82, 2.24) is 10.2 Å². The Morgan fingerprint density at radius 1 is 1.42 bits per heavy atom. The molecule has 3 amide bonds. The van der Waals surface area contributed by atoms with E-state index >= 15 is 0 Å². The fourth-order valence-corrected chi connectivity index (χ4v) is 2.68. The molecule has 2 rings (SSSR count). The third-order valence-electron chi connectivity index (χ3n) is 4.05. The van der Waals surface area contributed by atoms with Gasteiger partial charge in [-0.2, -0.15) is 0 Å². The fraction of sp³-hybridized carbons (Fsp3) is 0.529. The number of nitrogens with two attached hydrogens (primary N) is 1. The normalized spacial score (nSPS) is 14.7. The summed E-state index contributed by atoms with van der Waals surface area (Å²) in [5.74, 6) is -0.0641. The zero-order valence-electron chi connectivity index (χ0n) is 14.5. The molecule has 0 radical (unpaired) electrons. The minimum atomic E-state index is -0.130. The van der Waals surface area contributed by atoms with Crippen molar-refractivity contribution in [3.8, 4) is 0 Å². The van der Waals surface area contributed by atoms with Gasteiger partial charge in [-0.1, -0.05) is 19.9 Å². The fourth-order valence-electron chi connectivity index (χ4n) is 2.68. The summed E-state index contributed by atoms with van der Waals surface area (Å²) in [6, 6.07) is 7.11. The van der Waals surface area contributed by atoms with Crippen molar-refractivity contribution in [2.45, 2.75) is 20.3 Å². The van der Waals surface area contributed by atoms with E-state index in [4.69, 9.17) is 5.73 Å². The number of halogens is 1. The van der Waals surface area contributed by atoms with Crippen molar-refractivity contribution in [1.29, 1.82) is 0 Å². The number of benzene rings is 1.